The summed E-state index contributed by atoms with van der Waals surface area (Å²) in [5.74, 6) is -1.58. The molecule has 2 aromatic carbocycles. The number of carbonyl (C=O) groups is 2. The van der Waals surface area contributed by atoms with E-state index in [1.807, 2.05) is 44.2 Å². The predicted molar refractivity (Wildman–Crippen MR) is 112 cm³/mol. The number of amides is 1. The van der Waals surface area contributed by atoms with Gasteiger partial charge in [0, 0.05) is 13.0 Å². The van der Waals surface area contributed by atoms with Crippen molar-refractivity contribution in [1.29, 1.82) is 0 Å². The molecule has 3 rings (SSSR count). The van der Waals surface area contributed by atoms with Crippen LogP contribution in [0.2, 0.25) is 0 Å². The molecular formula is C22H26N2O5S. The van der Waals surface area contributed by atoms with Crippen LogP contribution in [0.4, 0.5) is 0 Å². The van der Waals surface area contributed by atoms with Gasteiger partial charge in [0.25, 0.3) is 5.91 Å². The van der Waals surface area contributed by atoms with Gasteiger partial charge in [-0.2, -0.15) is 4.31 Å². The third-order valence-electron chi connectivity index (χ3n) is 5.70. The zero-order chi connectivity index (χ0) is 22.2. The van der Waals surface area contributed by atoms with Gasteiger partial charge in [-0.15, -0.1) is 0 Å². The lowest BCUT2D eigenvalue weighted by Gasteiger charge is -2.35. The number of rotatable bonds is 5. The van der Waals surface area contributed by atoms with Gasteiger partial charge in [-0.1, -0.05) is 30.3 Å². The Kier molecular flexibility index (Phi) is 6.01. The summed E-state index contributed by atoms with van der Waals surface area (Å²) in [5, 5.41) is 0. The average molecular weight is 431 g/mol. The number of carbonyl (C=O) groups excluding carboxylic acids is 2. The fraction of sp³-hybridized carbons (Fsp3) is 0.364. The number of esters is 1. The topological polar surface area (TPSA) is 107 Å². The molecule has 0 bridgehead atoms. The second kappa shape index (κ2) is 8.20. The van der Waals surface area contributed by atoms with Crippen molar-refractivity contribution in [3.63, 3.8) is 0 Å². The molecule has 1 aliphatic rings. The van der Waals surface area contributed by atoms with Crippen LogP contribution in [0, 0.1) is 27.7 Å². The van der Waals surface area contributed by atoms with Crippen molar-refractivity contribution >= 4 is 21.9 Å². The van der Waals surface area contributed by atoms with Crippen LogP contribution in [0.1, 0.15) is 33.4 Å². The van der Waals surface area contributed by atoms with E-state index in [-0.39, 0.29) is 17.9 Å². The van der Waals surface area contributed by atoms with Crippen LogP contribution in [0.25, 0.3) is 0 Å². The fourth-order valence-electron chi connectivity index (χ4n) is 3.88. The summed E-state index contributed by atoms with van der Waals surface area (Å²) in [6, 6.07) is 8.26. The number of nitrogens with two attached hydrogens (primary N) is 1. The van der Waals surface area contributed by atoms with E-state index in [0.29, 0.717) is 11.1 Å². The molecule has 0 fully saturated rings. The number of sulfonamides is 1. The van der Waals surface area contributed by atoms with Crippen molar-refractivity contribution in [1.82, 2.24) is 4.31 Å². The quantitative estimate of drug-likeness (QED) is 0.731. The minimum atomic E-state index is -4.03. The highest BCUT2D eigenvalue weighted by Gasteiger charge is 2.42. The molecule has 1 atom stereocenters. The second-order valence-corrected chi connectivity index (χ2v) is 9.53. The molecule has 0 saturated heterocycles. The Morgan fingerprint density at radius 2 is 1.63 bits per heavy atom. The molecule has 0 aliphatic carbocycles. The van der Waals surface area contributed by atoms with Crippen LogP contribution < -0.4 is 5.73 Å². The van der Waals surface area contributed by atoms with Crippen molar-refractivity contribution in [3.8, 4) is 0 Å². The van der Waals surface area contributed by atoms with E-state index in [2.05, 4.69) is 0 Å². The highest BCUT2D eigenvalue weighted by Crippen LogP contribution is 2.34. The van der Waals surface area contributed by atoms with Gasteiger partial charge in [0.05, 0.1) is 4.90 Å². The third kappa shape index (κ3) is 3.97. The number of primary amides is 1. The molecule has 7 nitrogen and oxygen atoms in total. The number of aryl methyl sites for hydroxylation is 2. The van der Waals surface area contributed by atoms with E-state index in [0.717, 1.165) is 22.3 Å². The predicted octanol–water partition coefficient (Wildman–Crippen LogP) is 2.06. The molecular weight excluding hydrogens is 404 g/mol. The van der Waals surface area contributed by atoms with Gasteiger partial charge < -0.3 is 10.5 Å². The van der Waals surface area contributed by atoms with Crippen LogP contribution in [0.3, 0.4) is 0 Å². The van der Waals surface area contributed by atoms with Crippen LogP contribution in [0.5, 0.6) is 0 Å². The number of benzene rings is 2. The summed E-state index contributed by atoms with van der Waals surface area (Å²) in [7, 11) is -4.03. The lowest BCUT2D eigenvalue weighted by molar-refractivity contribution is -0.152. The van der Waals surface area contributed by atoms with E-state index in [1.54, 1.807) is 13.8 Å². The molecule has 2 aromatic rings. The van der Waals surface area contributed by atoms with Crippen LogP contribution in [0.15, 0.2) is 35.2 Å². The van der Waals surface area contributed by atoms with E-state index < -0.39 is 34.5 Å². The standard InChI is InChI=1S/C22H26N2O5S/c1-13-9-14(2)16(4)21(15(13)3)30(27,28)24-11-18-8-6-5-7-17(18)10-19(24)22(26)29-12-20(23)25/h5-9,19H,10-12H2,1-4H3,(H2,23,25)/t19-/m1/s1. The third-order valence-corrected chi connectivity index (χ3v) is 7.83. The van der Waals surface area contributed by atoms with E-state index >= 15 is 0 Å². The monoisotopic (exact) mass is 430 g/mol. The van der Waals surface area contributed by atoms with Crippen molar-refractivity contribution in [2.24, 2.45) is 5.73 Å². The Hall–Kier alpha value is -2.71. The molecule has 0 unspecified atom stereocenters. The molecule has 0 spiro atoms. The molecule has 2 N–H and O–H groups in total. The van der Waals surface area contributed by atoms with Crippen molar-refractivity contribution in [2.45, 2.75) is 51.6 Å². The van der Waals surface area contributed by atoms with Crippen LogP contribution >= 0.6 is 0 Å². The maximum atomic E-state index is 13.8. The Morgan fingerprint density at radius 1 is 1.07 bits per heavy atom. The molecule has 1 amide bonds. The Balaban J connectivity index is 2.12. The van der Waals surface area contributed by atoms with Gasteiger partial charge >= 0.3 is 5.97 Å². The van der Waals surface area contributed by atoms with Crippen molar-refractivity contribution in [3.05, 3.63) is 63.7 Å². The van der Waals surface area contributed by atoms with Gasteiger partial charge in [-0.05, 0) is 61.1 Å². The Bertz CT molecular complexity index is 1100. The number of hydrogen-bond acceptors (Lipinski definition) is 5. The second-order valence-electron chi connectivity index (χ2n) is 7.70. The summed E-state index contributed by atoms with van der Waals surface area (Å²) in [6.45, 7) is 6.73. The van der Waals surface area contributed by atoms with Crippen LogP contribution in [-0.4, -0.2) is 37.2 Å². The highest BCUT2D eigenvalue weighted by atomic mass is 32.2. The molecule has 1 heterocycles. The Morgan fingerprint density at radius 3 is 2.20 bits per heavy atom. The molecule has 0 saturated carbocycles. The lowest BCUT2D eigenvalue weighted by atomic mass is 9.96. The van der Waals surface area contributed by atoms with Gasteiger partial charge in [0.1, 0.15) is 6.04 Å². The van der Waals surface area contributed by atoms with Crippen molar-refractivity contribution in [2.75, 3.05) is 6.61 Å². The summed E-state index contributed by atoms with van der Waals surface area (Å²) in [6.07, 6.45) is 0.163. The first kappa shape index (κ1) is 22.0. The summed E-state index contributed by atoms with van der Waals surface area (Å²) in [4.78, 5) is 24.0. The van der Waals surface area contributed by atoms with Gasteiger partial charge in [0.15, 0.2) is 6.61 Å². The van der Waals surface area contributed by atoms with Crippen molar-refractivity contribution < 1.29 is 22.7 Å². The number of ether oxygens (including phenoxy) is 1. The SMILES string of the molecule is Cc1cc(C)c(C)c(S(=O)(=O)N2Cc3ccccc3C[C@@H]2C(=O)OCC(N)=O)c1C. The highest BCUT2D eigenvalue weighted by molar-refractivity contribution is 7.89. The van der Waals surface area contributed by atoms with Crippen LogP contribution in [-0.2, 0) is 37.3 Å². The first-order chi connectivity index (χ1) is 14.0. The zero-order valence-electron chi connectivity index (χ0n) is 17.6. The molecule has 0 aromatic heterocycles. The fourth-order valence-corrected chi connectivity index (χ4v) is 6.01. The number of fused-ring (bicyclic) bond motifs is 1. The summed E-state index contributed by atoms with van der Waals surface area (Å²) in [5.41, 5.74) is 9.82. The molecule has 160 valence electrons. The molecule has 1 aliphatic heterocycles. The van der Waals surface area contributed by atoms with E-state index in [9.17, 15) is 18.0 Å². The minimum absolute atomic E-state index is 0.0424. The molecule has 30 heavy (non-hydrogen) atoms. The summed E-state index contributed by atoms with van der Waals surface area (Å²) < 4.78 is 33.8. The van der Waals surface area contributed by atoms with Gasteiger partial charge in [-0.3, -0.25) is 9.59 Å². The van der Waals surface area contributed by atoms with E-state index in [4.69, 9.17) is 10.5 Å². The first-order valence-corrected chi connectivity index (χ1v) is 11.1. The maximum absolute atomic E-state index is 13.8. The lowest BCUT2D eigenvalue weighted by Crippen LogP contribution is -2.49. The molecule has 0 radical (unpaired) electrons. The number of hydrogen-bond donors (Lipinski definition) is 1. The summed E-state index contributed by atoms with van der Waals surface area (Å²) >= 11 is 0. The Labute approximate surface area is 176 Å². The minimum Gasteiger partial charge on any atom is -0.454 e. The first-order valence-electron chi connectivity index (χ1n) is 9.65. The van der Waals surface area contributed by atoms with E-state index in [1.165, 1.54) is 4.31 Å². The number of nitrogens with zero attached hydrogens (tertiary/aromatic N) is 1. The molecule has 8 heteroatoms. The van der Waals surface area contributed by atoms with Gasteiger partial charge in [0.2, 0.25) is 10.0 Å². The maximum Gasteiger partial charge on any atom is 0.325 e. The van der Waals surface area contributed by atoms with Gasteiger partial charge in [-0.25, -0.2) is 8.42 Å². The zero-order valence-corrected chi connectivity index (χ0v) is 18.4. The largest absolute Gasteiger partial charge is 0.454 e. The smallest absolute Gasteiger partial charge is 0.325 e. The average Bonchev–Trinajstić information content (AvgIpc) is 2.69. The normalized spacial score (nSPS) is 16.7.